The summed E-state index contributed by atoms with van der Waals surface area (Å²) >= 11 is 0. The number of nitrogens with zero attached hydrogens (tertiary/aromatic N) is 2. The highest BCUT2D eigenvalue weighted by molar-refractivity contribution is 5.78. The van der Waals surface area contributed by atoms with E-state index in [0.717, 1.165) is 26.1 Å². The minimum absolute atomic E-state index is 0.200. The number of likely N-dealkylation sites (tertiary alicyclic amines) is 2. The predicted octanol–water partition coefficient (Wildman–Crippen LogP) is 1.06. The fourth-order valence-corrected chi connectivity index (χ4v) is 3.17. The summed E-state index contributed by atoms with van der Waals surface area (Å²) in [6.07, 6.45) is 4.74. The average Bonchev–Trinajstić information content (AvgIpc) is 2.75. The zero-order valence-electron chi connectivity index (χ0n) is 11.8. The number of piperidine rings is 1. The molecule has 2 saturated heterocycles. The molecule has 1 amide bonds. The molecule has 2 N–H and O–H groups in total. The Morgan fingerprint density at radius 1 is 1.33 bits per heavy atom. The van der Waals surface area contributed by atoms with Gasteiger partial charge in [-0.05, 0) is 52.0 Å². The van der Waals surface area contributed by atoms with Crippen molar-refractivity contribution in [2.24, 2.45) is 11.7 Å². The molecule has 0 bridgehead atoms. The second-order valence-electron chi connectivity index (χ2n) is 6.06. The molecule has 2 aliphatic rings. The third kappa shape index (κ3) is 3.23. The Balaban J connectivity index is 1.84. The molecule has 3 atom stereocenters. The van der Waals surface area contributed by atoms with Gasteiger partial charge < -0.3 is 10.6 Å². The summed E-state index contributed by atoms with van der Waals surface area (Å²) in [5.41, 5.74) is 5.97. The molecule has 104 valence electrons. The predicted molar refractivity (Wildman–Crippen MR) is 73.2 cm³/mol. The normalized spacial score (nSPS) is 31.6. The first-order valence-electron chi connectivity index (χ1n) is 7.35. The fourth-order valence-electron chi connectivity index (χ4n) is 3.17. The van der Waals surface area contributed by atoms with E-state index < -0.39 is 0 Å². The highest BCUT2D eigenvalue weighted by Gasteiger charge is 2.28. The van der Waals surface area contributed by atoms with Crippen LogP contribution in [0, 0.1) is 5.92 Å². The number of carbonyl (C=O) groups is 1. The third-order valence-electron chi connectivity index (χ3n) is 4.58. The van der Waals surface area contributed by atoms with Crippen molar-refractivity contribution in [2.45, 2.75) is 51.6 Å². The minimum Gasteiger partial charge on any atom is -0.341 e. The van der Waals surface area contributed by atoms with Crippen LogP contribution >= 0.6 is 0 Å². The monoisotopic (exact) mass is 253 g/mol. The van der Waals surface area contributed by atoms with Crippen molar-refractivity contribution in [3.8, 4) is 0 Å². The molecule has 0 aromatic carbocycles. The van der Waals surface area contributed by atoms with Gasteiger partial charge in [-0.15, -0.1) is 0 Å². The van der Waals surface area contributed by atoms with E-state index in [1.807, 2.05) is 4.90 Å². The summed E-state index contributed by atoms with van der Waals surface area (Å²) in [5, 5.41) is 0. The second-order valence-corrected chi connectivity index (χ2v) is 6.06. The average molecular weight is 253 g/mol. The van der Waals surface area contributed by atoms with Crippen LogP contribution in [0.3, 0.4) is 0 Å². The van der Waals surface area contributed by atoms with Crippen LogP contribution in [0.2, 0.25) is 0 Å². The topological polar surface area (TPSA) is 49.6 Å². The zero-order chi connectivity index (χ0) is 13.1. The quantitative estimate of drug-likeness (QED) is 0.818. The molecule has 18 heavy (non-hydrogen) atoms. The number of nitrogens with two attached hydrogens (primary N) is 1. The number of carbonyl (C=O) groups excluding carboxylic acids is 1. The van der Waals surface area contributed by atoms with Gasteiger partial charge in [0.1, 0.15) is 0 Å². The van der Waals surface area contributed by atoms with E-state index in [2.05, 4.69) is 18.7 Å². The van der Waals surface area contributed by atoms with Gasteiger partial charge in [0.15, 0.2) is 0 Å². The lowest BCUT2D eigenvalue weighted by molar-refractivity contribution is -0.134. The molecular formula is C14H27N3O. The molecular weight excluding hydrogens is 226 g/mol. The SMILES string of the molecule is CC(N)C1CCCN(C(=O)CN2CCCC2C)C1. The van der Waals surface area contributed by atoms with Crippen molar-refractivity contribution in [1.29, 1.82) is 0 Å². The Hall–Kier alpha value is -0.610. The molecule has 3 unspecified atom stereocenters. The smallest absolute Gasteiger partial charge is 0.236 e. The Kier molecular flexibility index (Phi) is 4.62. The van der Waals surface area contributed by atoms with Crippen molar-refractivity contribution in [3.63, 3.8) is 0 Å². The van der Waals surface area contributed by atoms with Crippen molar-refractivity contribution in [2.75, 3.05) is 26.2 Å². The summed E-state index contributed by atoms with van der Waals surface area (Å²) < 4.78 is 0. The maximum atomic E-state index is 12.3. The van der Waals surface area contributed by atoms with Crippen LogP contribution < -0.4 is 5.73 Å². The zero-order valence-corrected chi connectivity index (χ0v) is 11.8. The molecule has 4 heteroatoms. The summed E-state index contributed by atoms with van der Waals surface area (Å²) in [7, 11) is 0. The number of amides is 1. The van der Waals surface area contributed by atoms with E-state index in [-0.39, 0.29) is 6.04 Å². The lowest BCUT2D eigenvalue weighted by atomic mass is 9.92. The van der Waals surface area contributed by atoms with Crippen LogP contribution in [0.5, 0.6) is 0 Å². The van der Waals surface area contributed by atoms with Crippen LogP contribution in [0.1, 0.15) is 39.5 Å². The van der Waals surface area contributed by atoms with E-state index in [9.17, 15) is 4.79 Å². The maximum Gasteiger partial charge on any atom is 0.236 e. The molecule has 0 aromatic rings. The van der Waals surface area contributed by atoms with E-state index in [0.29, 0.717) is 24.4 Å². The van der Waals surface area contributed by atoms with Crippen molar-refractivity contribution in [3.05, 3.63) is 0 Å². The lowest BCUT2D eigenvalue weighted by Gasteiger charge is -2.35. The molecule has 2 rings (SSSR count). The molecule has 2 fully saturated rings. The second kappa shape index (κ2) is 6.02. The van der Waals surface area contributed by atoms with Gasteiger partial charge in [-0.25, -0.2) is 0 Å². The van der Waals surface area contributed by atoms with Gasteiger partial charge in [-0.2, -0.15) is 0 Å². The third-order valence-corrected chi connectivity index (χ3v) is 4.58. The van der Waals surface area contributed by atoms with Gasteiger partial charge in [0.2, 0.25) is 5.91 Å². The van der Waals surface area contributed by atoms with Gasteiger partial charge in [0, 0.05) is 25.2 Å². The highest BCUT2D eigenvalue weighted by Crippen LogP contribution is 2.20. The van der Waals surface area contributed by atoms with Crippen molar-refractivity contribution >= 4 is 5.91 Å². The Morgan fingerprint density at radius 3 is 2.67 bits per heavy atom. The van der Waals surface area contributed by atoms with E-state index in [1.54, 1.807) is 0 Å². The van der Waals surface area contributed by atoms with Crippen LogP contribution in [-0.4, -0.2) is 54.0 Å². The molecule has 0 spiro atoms. The van der Waals surface area contributed by atoms with Crippen molar-refractivity contribution < 1.29 is 4.79 Å². The molecule has 0 saturated carbocycles. The minimum atomic E-state index is 0.200. The standard InChI is InChI=1S/C14H27N3O/c1-11-5-3-7-16(11)10-14(18)17-8-4-6-13(9-17)12(2)15/h11-13H,3-10,15H2,1-2H3. The van der Waals surface area contributed by atoms with E-state index in [4.69, 9.17) is 5.73 Å². The molecule has 2 aliphatic heterocycles. The molecule has 0 aliphatic carbocycles. The summed E-state index contributed by atoms with van der Waals surface area (Å²) in [6.45, 7) is 7.75. The maximum absolute atomic E-state index is 12.3. The number of rotatable bonds is 3. The summed E-state index contributed by atoms with van der Waals surface area (Å²) in [5.74, 6) is 0.785. The van der Waals surface area contributed by atoms with Gasteiger partial charge in [0.25, 0.3) is 0 Å². The Morgan fingerprint density at radius 2 is 2.06 bits per heavy atom. The van der Waals surface area contributed by atoms with Gasteiger partial charge >= 0.3 is 0 Å². The first-order chi connectivity index (χ1) is 8.58. The molecule has 0 aromatic heterocycles. The molecule has 2 heterocycles. The molecule has 4 nitrogen and oxygen atoms in total. The highest BCUT2D eigenvalue weighted by atomic mass is 16.2. The van der Waals surface area contributed by atoms with Gasteiger partial charge in [0.05, 0.1) is 6.54 Å². The van der Waals surface area contributed by atoms with Crippen LogP contribution in [0.15, 0.2) is 0 Å². The van der Waals surface area contributed by atoms with Crippen LogP contribution in [-0.2, 0) is 4.79 Å². The Bertz CT molecular complexity index is 293. The first-order valence-corrected chi connectivity index (χ1v) is 7.35. The first kappa shape index (κ1) is 13.8. The largest absolute Gasteiger partial charge is 0.341 e. The van der Waals surface area contributed by atoms with Crippen LogP contribution in [0.4, 0.5) is 0 Å². The fraction of sp³-hybridized carbons (Fsp3) is 0.929. The number of hydrogen-bond acceptors (Lipinski definition) is 3. The van der Waals surface area contributed by atoms with Gasteiger partial charge in [-0.1, -0.05) is 0 Å². The Labute approximate surface area is 110 Å². The lowest BCUT2D eigenvalue weighted by Crippen LogP contribution is -2.48. The summed E-state index contributed by atoms with van der Waals surface area (Å²) in [6, 6.07) is 0.772. The van der Waals surface area contributed by atoms with E-state index >= 15 is 0 Å². The number of hydrogen-bond donors (Lipinski definition) is 1. The van der Waals surface area contributed by atoms with Crippen LogP contribution in [0.25, 0.3) is 0 Å². The van der Waals surface area contributed by atoms with Crippen molar-refractivity contribution in [1.82, 2.24) is 9.80 Å². The van der Waals surface area contributed by atoms with Gasteiger partial charge in [-0.3, -0.25) is 9.69 Å². The summed E-state index contributed by atoms with van der Waals surface area (Å²) in [4.78, 5) is 16.7. The van der Waals surface area contributed by atoms with E-state index in [1.165, 1.54) is 19.3 Å². The molecule has 0 radical (unpaired) electrons.